The van der Waals surface area contributed by atoms with Gasteiger partial charge < -0.3 is 9.64 Å². The molecule has 3 heterocycles. The van der Waals surface area contributed by atoms with E-state index in [2.05, 4.69) is 14.9 Å². The average molecular weight is 485 g/mol. The standard InChI is InChI=1S/C18H17ClN4O4S3/c19-15-6-5-14(28-15)12-1-3-13(4-2-12)30(25,26)22-18-21-20-16(29-18)11-17(24)23-7-9-27-10-8-23/h1-6H,7-11H2,(H,21,22). The van der Waals surface area contributed by atoms with E-state index in [0.29, 0.717) is 35.6 Å². The van der Waals surface area contributed by atoms with E-state index in [1.165, 1.54) is 23.5 Å². The molecule has 1 amide bonds. The Kier molecular flexibility index (Phi) is 6.34. The number of carbonyl (C=O) groups excluding carboxylic acids is 1. The number of morpholine rings is 1. The molecule has 4 rings (SSSR count). The Hall–Kier alpha value is -2.05. The number of carbonyl (C=O) groups is 1. The van der Waals surface area contributed by atoms with Gasteiger partial charge in [0, 0.05) is 18.0 Å². The minimum atomic E-state index is -3.82. The Morgan fingerprint density at radius 1 is 1.10 bits per heavy atom. The van der Waals surface area contributed by atoms with Crippen LogP contribution >= 0.6 is 34.3 Å². The van der Waals surface area contributed by atoms with E-state index in [9.17, 15) is 13.2 Å². The molecule has 1 saturated heterocycles. The minimum absolute atomic E-state index is 0.0758. The molecule has 0 atom stereocenters. The molecule has 12 heteroatoms. The van der Waals surface area contributed by atoms with Crippen LogP contribution in [0.1, 0.15) is 5.01 Å². The molecule has 3 aromatic rings. The molecular weight excluding hydrogens is 468 g/mol. The summed E-state index contributed by atoms with van der Waals surface area (Å²) < 4.78 is 33.6. The molecule has 0 unspecified atom stereocenters. The highest BCUT2D eigenvalue weighted by Gasteiger charge is 2.21. The second-order valence-corrected chi connectivity index (χ2v) is 10.9. The van der Waals surface area contributed by atoms with Gasteiger partial charge in [-0.1, -0.05) is 35.1 Å². The Morgan fingerprint density at radius 2 is 1.83 bits per heavy atom. The lowest BCUT2D eigenvalue weighted by Crippen LogP contribution is -2.41. The highest BCUT2D eigenvalue weighted by Crippen LogP contribution is 2.31. The molecule has 1 aliphatic heterocycles. The zero-order chi connectivity index (χ0) is 21.1. The van der Waals surface area contributed by atoms with E-state index < -0.39 is 10.0 Å². The van der Waals surface area contributed by atoms with Gasteiger partial charge in [-0.05, 0) is 29.8 Å². The third kappa shape index (κ3) is 4.98. The lowest BCUT2D eigenvalue weighted by Gasteiger charge is -2.26. The quantitative estimate of drug-likeness (QED) is 0.576. The SMILES string of the molecule is O=C(Cc1nnc(NS(=O)(=O)c2ccc(-c3ccc(Cl)s3)cc2)s1)N1CCOCC1. The summed E-state index contributed by atoms with van der Waals surface area (Å²) in [6.07, 6.45) is 0.0808. The summed E-state index contributed by atoms with van der Waals surface area (Å²) in [7, 11) is -3.82. The third-order valence-corrected chi connectivity index (χ3v) is 7.98. The molecular formula is C18H17ClN4O4S3. The van der Waals surface area contributed by atoms with Crippen molar-refractivity contribution >= 4 is 55.3 Å². The molecule has 1 aliphatic rings. The Balaban J connectivity index is 1.41. The van der Waals surface area contributed by atoms with Crippen LogP contribution in [-0.2, 0) is 26.0 Å². The molecule has 0 radical (unpaired) electrons. The summed E-state index contributed by atoms with van der Waals surface area (Å²) in [5.74, 6) is -0.0758. The zero-order valence-corrected chi connectivity index (χ0v) is 18.8. The van der Waals surface area contributed by atoms with Crippen molar-refractivity contribution in [3.8, 4) is 10.4 Å². The van der Waals surface area contributed by atoms with Crippen molar-refractivity contribution < 1.29 is 17.9 Å². The number of halogens is 1. The first kappa shape index (κ1) is 21.2. The number of anilines is 1. The highest BCUT2D eigenvalue weighted by atomic mass is 35.5. The maximum atomic E-state index is 12.7. The van der Waals surface area contributed by atoms with E-state index in [-0.39, 0.29) is 22.4 Å². The fourth-order valence-electron chi connectivity index (χ4n) is 2.86. The van der Waals surface area contributed by atoms with Gasteiger partial charge >= 0.3 is 0 Å². The molecule has 0 spiro atoms. The van der Waals surface area contributed by atoms with Gasteiger partial charge in [-0.15, -0.1) is 21.5 Å². The molecule has 30 heavy (non-hydrogen) atoms. The Morgan fingerprint density at radius 3 is 2.50 bits per heavy atom. The lowest BCUT2D eigenvalue weighted by atomic mass is 10.2. The molecule has 8 nitrogen and oxygen atoms in total. The number of hydrogen-bond acceptors (Lipinski definition) is 8. The molecule has 0 bridgehead atoms. The van der Waals surface area contributed by atoms with Crippen molar-refractivity contribution in [1.82, 2.24) is 15.1 Å². The number of aromatic nitrogens is 2. The third-order valence-electron chi connectivity index (χ3n) is 4.38. The number of benzene rings is 1. The number of hydrogen-bond donors (Lipinski definition) is 1. The van der Waals surface area contributed by atoms with E-state index in [1.807, 2.05) is 6.07 Å². The molecule has 0 aliphatic carbocycles. The Bertz CT molecular complexity index is 1140. The molecule has 0 saturated carbocycles. The number of thiophene rings is 1. The highest BCUT2D eigenvalue weighted by molar-refractivity contribution is 7.93. The smallest absolute Gasteiger partial charge is 0.263 e. The first-order chi connectivity index (χ1) is 14.4. The van der Waals surface area contributed by atoms with Crippen LogP contribution in [0.3, 0.4) is 0 Å². The summed E-state index contributed by atoms with van der Waals surface area (Å²) in [4.78, 5) is 15.1. The predicted molar refractivity (Wildman–Crippen MR) is 117 cm³/mol. The van der Waals surface area contributed by atoms with Gasteiger partial charge in [0.1, 0.15) is 5.01 Å². The van der Waals surface area contributed by atoms with Crippen LogP contribution in [0.15, 0.2) is 41.3 Å². The van der Waals surface area contributed by atoms with E-state index in [1.54, 1.807) is 23.1 Å². The molecule has 1 fully saturated rings. The van der Waals surface area contributed by atoms with Crippen molar-refractivity contribution in [2.75, 3.05) is 31.0 Å². The lowest BCUT2D eigenvalue weighted by molar-refractivity contribution is -0.134. The minimum Gasteiger partial charge on any atom is -0.378 e. The summed E-state index contributed by atoms with van der Waals surface area (Å²) in [6, 6.07) is 10.2. The molecule has 2 aromatic heterocycles. The van der Waals surface area contributed by atoms with Crippen LogP contribution in [0.4, 0.5) is 5.13 Å². The monoisotopic (exact) mass is 484 g/mol. The van der Waals surface area contributed by atoms with Crippen molar-refractivity contribution in [1.29, 1.82) is 0 Å². The Labute approximate surface area is 186 Å². The first-order valence-corrected chi connectivity index (χ1v) is 12.5. The maximum absolute atomic E-state index is 12.7. The van der Waals surface area contributed by atoms with Gasteiger partial charge in [0.25, 0.3) is 10.0 Å². The fourth-order valence-corrected chi connectivity index (χ4v) is 5.87. The van der Waals surface area contributed by atoms with Crippen LogP contribution < -0.4 is 4.72 Å². The first-order valence-electron chi connectivity index (χ1n) is 8.97. The zero-order valence-electron chi connectivity index (χ0n) is 15.6. The van der Waals surface area contributed by atoms with Gasteiger partial charge in [0.2, 0.25) is 11.0 Å². The molecule has 1 N–H and O–H groups in total. The average Bonchev–Trinajstić information content (AvgIpc) is 3.37. The number of rotatable bonds is 6. The van der Waals surface area contributed by atoms with Crippen molar-refractivity contribution in [3.63, 3.8) is 0 Å². The van der Waals surface area contributed by atoms with Crippen LogP contribution in [-0.4, -0.2) is 55.7 Å². The van der Waals surface area contributed by atoms with Gasteiger partial charge in [-0.3, -0.25) is 9.52 Å². The van der Waals surface area contributed by atoms with Gasteiger partial charge in [-0.2, -0.15) is 0 Å². The fraction of sp³-hybridized carbons (Fsp3) is 0.278. The number of sulfonamides is 1. The van der Waals surface area contributed by atoms with E-state index in [4.69, 9.17) is 16.3 Å². The van der Waals surface area contributed by atoms with Gasteiger partial charge in [-0.25, -0.2) is 8.42 Å². The summed E-state index contributed by atoms with van der Waals surface area (Å²) >= 11 is 8.42. The second-order valence-electron chi connectivity index (χ2n) is 6.40. The summed E-state index contributed by atoms with van der Waals surface area (Å²) in [6.45, 7) is 2.13. The van der Waals surface area contributed by atoms with Crippen LogP contribution in [0, 0.1) is 0 Å². The normalized spacial score (nSPS) is 14.6. The van der Waals surface area contributed by atoms with Crippen molar-refractivity contribution in [3.05, 3.63) is 45.7 Å². The maximum Gasteiger partial charge on any atom is 0.263 e. The van der Waals surface area contributed by atoms with Crippen LogP contribution in [0.2, 0.25) is 4.34 Å². The summed E-state index contributed by atoms with van der Waals surface area (Å²) in [5.41, 5.74) is 0.880. The van der Waals surface area contributed by atoms with Crippen LogP contribution in [0.5, 0.6) is 0 Å². The van der Waals surface area contributed by atoms with Gasteiger partial charge in [0.15, 0.2) is 0 Å². The number of nitrogens with one attached hydrogen (secondary N) is 1. The van der Waals surface area contributed by atoms with Gasteiger partial charge in [0.05, 0.1) is 28.9 Å². The number of nitrogens with zero attached hydrogens (tertiary/aromatic N) is 3. The van der Waals surface area contributed by atoms with Crippen LogP contribution in [0.25, 0.3) is 10.4 Å². The largest absolute Gasteiger partial charge is 0.378 e. The second kappa shape index (κ2) is 8.98. The van der Waals surface area contributed by atoms with Crippen molar-refractivity contribution in [2.24, 2.45) is 0 Å². The van der Waals surface area contributed by atoms with Crippen molar-refractivity contribution in [2.45, 2.75) is 11.3 Å². The molecule has 158 valence electrons. The molecule has 1 aromatic carbocycles. The number of ether oxygens (including phenoxy) is 1. The van der Waals surface area contributed by atoms with E-state index >= 15 is 0 Å². The summed E-state index contributed by atoms with van der Waals surface area (Å²) in [5, 5.41) is 8.37. The van der Waals surface area contributed by atoms with E-state index in [0.717, 1.165) is 21.8 Å². The number of amides is 1. The predicted octanol–water partition coefficient (Wildman–Crippen LogP) is 3.12. The topological polar surface area (TPSA) is 101 Å².